The predicted molar refractivity (Wildman–Crippen MR) is 79.3 cm³/mol. The highest BCUT2D eigenvalue weighted by Crippen LogP contribution is 2.31. The van der Waals surface area contributed by atoms with Crippen molar-refractivity contribution < 1.29 is 14.6 Å². The number of aliphatic hydroxyl groups is 1. The predicted octanol–water partition coefficient (Wildman–Crippen LogP) is 3.15. The first-order valence-corrected chi connectivity index (χ1v) is 6.55. The fourth-order valence-electron chi connectivity index (χ4n) is 2.29. The molecule has 1 N–H and O–H groups in total. The molecule has 3 heteroatoms. The lowest BCUT2D eigenvalue weighted by atomic mass is 9.89. The van der Waals surface area contributed by atoms with E-state index in [1.165, 1.54) is 0 Å². The molecule has 1 unspecified atom stereocenters. The SMILES string of the molecule is COc1ccc(CC(C)(O)c2ccccc2)cc1OC. The Morgan fingerprint density at radius 1 is 0.950 bits per heavy atom. The van der Waals surface area contributed by atoms with Crippen molar-refractivity contribution in [2.45, 2.75) is 18.9 Å². The van der Waals surface area contributed by atoms with Crippen molar-refractivity contribution in [3.05, 3.63) is 59.7 Å². The molecule has 0 aliphatic heterocycles. The Morgan fingerprint density at radius 2 is 1.60 bits per heavy atom. The van der Waals surface area contributed by atoms with Crippen LogP contribution in [0.15, 0.2) is 48.5 Å². The molecule has 2 aromatic carbocycles. The summed E-state index contributed by atoms with van der Waals surface area (Å²) in [6, 6.07) is 15.4. The second-order valence-electron chi connectivity index (χ2n) is 5.01. The molecule has 0 amide bonds. The first kappa shape index (κ1) is 14.4. The van der Waals surface area contributed by atoms with Gasteiger partial charge in [0.25, 0.3) is 0 Å². The lowest BCUT2D eigenvalue weighted by molar-refractivity contribution is 0.0575. The van der Waals surface area contributed by atoms with Crippen molar-refractivity contribution in [1.29, 1.82) is 0 Å². The summed E-state index contributed by atoms with van der Waals surface area (Å²) in [5.74, 6) is 1.37. The van der Waals surface area contributed by atoms with Gasteiger partial charge in [-0.15, -0.1) is 0 Å². The van der Waals surface area contributed by atoms with Gasteiger partial charge in [0, 0.05) is 6.42 Å². The highest BCUT2D eigenvalue weighted by Gasteiger charge is 2.23. The van der Waals surface area contributed by atoms with Crippen LogP contribution in [0.2, 0.25) is 0 Å². The largest absolute Gasteiger partial charge is 0.493 e. The lowest BCUT2D eigenvalue weighted by Crippen LogP contribution is -2.24. The number of hydrogen-bond acceptors (Lipinski definition) is 3. The maximum Gasteiger partial charge on any atom is 0.160 e. The Bertz CT molecular complexity index is 562. The summed E-state index contributed by atoms with van der Waals surface area (Å²) in [5, 5.41) is 10.7. The summed E-state index contributed by atoms with van der Waals surface area (Å²) >= 11 is 0. The van der Waals surface area contributed by atoms with E-state index in [2.05, 4.69) is 0 Å². The monoisotopic (exact) mass is 272 g/mol. The van der Waals surface area contributed by atoms with Crippen molar-refractivity contribution in [2.75, 3.05) is 14.2 Å². The van der Waals surface area contributed by atoms with Gasteiger partial charge in [-0.05, 0) is 30.2 Å². The molecule has 0 aliphatic carbocycles. The fourth-order valence-corrected chi connectivity index (χ4v) is 2.29. The second-order valence-corrected chi connectivity index (χ2v) is 5.01. The highest BCUT2D eigenvalue weighted by atomic mass is 16.5. The number of rotatable bonds is 5. The summed E-state index contributed by atoms with van der Waals surface area (Å²) < 4.78 is 10.5. The van der Waals surface area contributed by atoms with Crippen LogP contribution in [0, 0.1) is 0 Å². The fraction of sp³-hybridized carbons (Fsp3) is 0.294. The molecule has 1 atom stereocenters. The van der Waals surface area contributed by atoms with E-state index in [-0.39, 0.29) is 0 Å². The molecule has 2 aromatic rings. The normalized spacial score (nSPS) is 13.6. The summed E-state index contributed by atoms with van der Waals surface area (Å²) in [7, 11) is 3.22. The summed E-state index contributed by atoms with van der Waals surface area (Å²) in [4.78, 5) is 0. The third kappa shape index (κ3) is 3.11. The summed E-state index contributed by atoms with van der Waals surface area (Å²) in [6.07, 6.45) is 0.511. The molecule has 0 fully saturated rings. The van der Waals surface area contributed by atoms with Crippen LogP contribution in [0.25, 0.3) is 0 Å². The first-order valence-electron chi connectivity index (χ1n) is 6.55. The highest BCUT2D eigenvalue weighted by molar-refractivity contribution is 5.43. The Hall–Kier alpha value is -2.00. The van der Waals surface area contributed by atoms with Crippen molar-refractivity contribution in [2.24, 2.45) is 0 Å². The topological polar surface area (TPSA) is 38.7 Å². The average molecular weight is 272 g/mol. The van der Waals surface area contributed by atoms with Crippen LogP contribution in [0.1, 0.15) is 18.1 Å². The van der Waals surface area contributed by atoms with Gasteiger partial charge in [0.05, 0.1) is 19.8 Å². The third-order valence-corrected chi connectivity index (χ3v) is 3.39. The smallest absolute Gasteiger partial charge is 0.160 e. The molecule has 0 bridgehead atoms. The van der Waals surface area contributed by atoms with Crippen LogP contribution in [0.4, 0.5) is 0 Å². The standard InChI is InChI=1S/C17H20O3/c1-17(18,14-7-5-4-6-8-14)12-13-9-10-15(19-2)16(11-13)20-3/h4-11,18H,12H2,1-3H3. The molecular weight excluding hydrogens is 252 g/mol. The zero-order valence-electron chi connectivity index (χ0n) is 12.1. The van der Waals surface area contributed by atoms with Crippen molar-refractivity contribution in [3.8, 4) is 11.5 Å². The Balaban J connectivity index is 2.25. The van der Waals surface area contributed by atoms with E-state index in [0.29, 0.717) is 17.9 Å². The minimum atomic E-state index is -0.916. The molecule has 0 saturated heterocycles. The van der Waals surface area contributed by atoms with Crippen LogP contribution < -0.4 is 9.47 Å². The van der Waals surface area contributed by atoms with Crippen LogP contribution in [-0.4, -0.2) is 19.3 Å². The van der Waals surface area contributed by atoms with Gasteiger partial charge in [-0.3, -0.25) is 0 Å². The van der Waals surface area contributed by atoms with Gasteiger partial charge in [0.2, 0.25) is 0 Å². The zero-order chi connectivity index (χ0) is 14.6. The van der Waals surface area contributed by atoms with E-state index in [4.69, 9.17) is 9.47 Å². The molecule has 0 spiro atoms. The third-order valence-electron chi connectivity index (χ3n) is 3.39. The first-order chi connectivity index (χ1) is 9.56. The molecule has 106 valence electrons. The molecule has 0 aromatic heterocycles. The van der Waals surface area contributed by atoms with E-state index in [0.717, 1.165) is 11.1 Å². The maximum absolute atomic E-state index is 10.7. The maximum atomic E-state index is 10.7. The minimum absolute atomic E-state index is 0.511. The zero-order valence-corrected chi connectivity index (χ0v) is 12.1. The average Bonchev–Trinajstić information content (AvgIpc) is 2.47. The van der Waals surface area contributed by atoms with Gasteiger partial charge >= 0.3 is 0 Å². The van der Waals surface area contributed by atoms with Gasteiger partial charge in [0.1, 0.15) is 0 Å². The van der Waals surface area contributed by atoms with Gasteiger partial charge in [0.15, 0.2) is 11.5 Å². The Labute approximate surface area is 119 Å². The van der Waals surface area contributed by atoms with E-state index in [9.17, 15) is 5.11 Å². The van der Waals surface area contributed by atoms with E-state index >= 15 is 0 Å². The van der Waals surface area contributed by atoms with Crippen LogP contribution >= 0.6 is 0 Å². The van der Waals surface area contributed by atoms with Crippen molar-refractivity contribution >= 4 is 0 Å². The minimum Gasteiger partial charge on any atom is -0.493 e. The van der Waals surface area contributed by atoms with Crippen LogP contribution in [0.3, 0.4) is 0 Å². The second kappa shape index (κ2) is 5.97. The van der Waals surface area contributed by atoms with Crippen LogP contribution in [-0.2, 0) is 12.0 Å². The molecule has 2 rings (SSSR count). The van der Waals surface area contributed by atoms with E-state index in [1.54, 1.807) is 14.2 Å². The van der Waals surface area contributed by atoms with Crippen LogP contribution in [0.5, 0.6) is 11.5 Å². The summed E-state index contributed by atoms with van der Waals surface area (Å²) in [6.45, 7) is 1.82. The van der Waals surface area contributed by atoms with E-state index < -0.39 is 5.60 Å². The Morgan fingerprint density at radius 3 is 2.20 bits per heavy atom. The van der Waals surface area contributed by atoms with E-state index in [1.807, 2.05) is 55.5 Å². The number of ether oxygens (including phenoxy) is 2. The van der Waals surface area contributed by atoms with Gasteiger partial charge in [-0.2, -0.15) is 0 Å². The quantitative estimate of drug-likeness (QED) is 0.908. The number of benzene rings is 2. The number of methoxy groups -OCH3 is 2. The molecule has 0 saturated carbocycles. The molecule has 0 aliphatic rings. The molecule has 3 nitrogen and oxygen atoms in total. The van der Waals surface area contributed by atoms with Crippen molar-refractivity contribution in [3.63, 3.8) is 0 Å². The molecular formula is C17H20O3. The molecule has 0 heterocycles. The van der Waals surface area contributed by atoms with Gasteiger partial charge < -0.3 is 14.6 Å². The Kier molecular flexibility index (Phi) is 4.30. The van der Waals surface area contributed by atoms with Crippen molar-refractivity contribution in [1.82, 2.24) is 0 Å². The molecule has 20 heavy (non-hydrogen) atoms. The molecule has 0 radical (unpaired) electrons. The van der Waals surface area contributed by atoms with Gasteiger partial charge in [-0.1, -0.05) is 36.4 Å². The number of hydrogen-bond donors (Lipinski definition) is 1. The summed E-state index contributed by atoms with van der Waals surface area (Å²) in [5.41, 5.74) is 0.979. The van der Waals surface area contributed by atoms with Gasteiger partial charge in [-0.25, -0.2) is 0 Å². The lowest BCUT2D eigenvalue weighted by Gasteiger charge is -2.24.